The third-order valence-corrected chi connectivity index (χ3v) is 5.05. The summed E-state index contributed by atoms with van der Waals surface area (Å²) in [5.74, 6) is 0. The molecule has 1 aromatic heterocycles. The van der Waals surface area contributed by atoms with Crippen LogP contribution in [0.1, 0.15) is 16.7 Å². The van der Waals surface area contributed by atoms with Crippen LogP contribution in [0.5, 0.6) is 0 Å². The average Bonchev–Trinajstić information content (AvgIpc) is 3.04. The first-order chi connectivity index (χ1) is 10.8. The first kappa shape index (κ1) is 13.3. The zero-order chi connectivity index (χ0) is 14.9. The fraction of sp³-hybridized carbons (Fsp3) is 0.0476. The molecule has 0 nitrogen and oxygen atoms in total. The van der Waals surface area contributed by atoms with E-state index in [1.54, 1.807) is 0 Å². The summed E-state index contributed by atoms with van der Waals surface area (Å²) in [4.78, 5) is 0. The fourth-order valence-corrected chi connectivity index (χ4v) is 3.89. The Morgan fingerprint density at radius 1 is 0.773 bits per heavy atom. The molecule has 0 aliphatic heterocycles. The van der Waals surface area contributed by atoms with E-state index in [9.17, 15) is 0 Å². The molecule has 0 N–H and O–H groups in total. The van der Waals surface area contributed by atoms with Crippen LogP contribution in [-0.4, -0.2) is 0 Å². The number of fused-ring (bicyclic) bond motifs is 3. The highest BCUT2D eigenvalue weighted by atomic mass is 32.1. The molecule has 0 unspecified atom stereocenters. The van der Waals surface area contributed by atoms with E-state index in [-0.39, 0.29) is 0 Å². The molecule has 0 saturated heterocycles. The molecule has 4 aromatic rings. The smallest absolute Gasteiger partial charge is 0.0427 e. The number of thiophene rings is 1. The van der Waals surface area contributed by atoms with Crippen molar-refractivity contribution in [3.8, 4) is 0 Å². The van der Waals surface area contributed by atoms with Gasteiger partial charge in [-0.15, -0.1) is 11.3 Å². The maximum absolute atomic E-state index is 2.32. The van der Waals surface area contributed by atoms with Crippen LogP contribution in [-0.2, 0) is 0 Å². The molecule has 0 aliphatic rings. The van der Waals surface area contributed by atoms with Crippen molar-refractivity contribution in [3.05, 3.63) is 82.7 Å². The maximum atomic E-state index is 2.32. The molecule has 1 heteroatoms. The zero-order valence-corrected chi connectivity index (χ0v) is 13.2. The van der Waals surface area contributed by atoms with Crippen LogP contribution < -0.4 is 0 Å². The van der Waals surface area contributed by atoms with Crippen LogP contribution in [0, 0.1) is 6.92 Å². The molecule has 0 atom stereocenters. The minimum Gasteiger partial charge on any atom is -0.143 e. The topological polar surface area (TPSA) is 0 Å². The van der Waals surface area contributed by atoms with Gasteiger partial charge in [-0.05, 0) is 51.9 Å². The Bertz CT molecular complexity index is 975. The lowest BCUT2D eigenvalue weighted by Gasteiger charge is -2.06. The second kappa shape index (κ2) is 5.43. The number of aryl methyl sites for hydroxylation is 1. The number of benzene rings is 3. The number of rotatable bonds is 2. The lowest BCUT2D eigenvalue weighted by molar-refractivity contribution is 1.54. The van der Waals surface area contributed by atoms with Crippen molar-refractivity contribution in [3.63, 3.8) is 0 Å². The summed E-state index contributed by atoms with van der Waals surface area (Å²) in [6, 6.07) is 21.6. The Morgan fingerprint density at radius 3 is 2.50 bits per heavy atom. The van der Waals surface area contributed by atoms with Crippen LogP contribution in [0.15, 0.2) is 66.0 Å². The average molecular weight is 300 g/mol. The molecular weight excluding hydrogens is 284 g/mol. The van der Waals surface area contributed by atoms with Crippen LogP contribution >= 0.6 is 11.3 Å². The summed E-state index contributed by atoms with van der Waals surface area (Å²) < 4.78 is 1.38. The molecule has 0 saturated carbocycles. The second-order valence-corrected chi connectivity index (χ2v) is 6.46. The second-order valence-electron chi connectivity index (χ2n) is 5.54. The predicted molar refractivity (Wildman–Crippen MR) is 99.4 cm³/mol. The third kappa shape index (κ3) is 2.24. The Balaban J connectivity index is 1.94. The van der Waals surface area contributed by atoms with E-state index < -0.39 is 0 Å². The van der Waals surface area contributed by atoms with Crippen molar-refractivity contribution < 1.29 is 0 Å². The van der Waals surface area contributed by atoms with Crippen molar-refractivity contribution in [2.24, 2.45) is 0 Å². The summed E-state index contributed by atoms with van der Waals surface area (Å²) in [6.45, 7) is 2.19. The van der Waals surface area contributed by atoms with Gasteiger partial charge in [-0.25, -0.2) is 0 Å². The van der Waals surface area contributed by atoms with Gasteiger partial charge in [0.25, 0.3) is 0 Å². The predicted octanol–water partition coefficient (Wildman–Crippen LogP) is 6.53. The van der Waals surface area contributed by atoms with Gasteiger partial charge >= 0.3 is 0 Å². The van der Waals surface area contributed by atoms with Gasteiger partial charge in [0.15, 0.2) is 0 Å². The van der Waals surface area contributed by atoms with Crippen molar-refractivity contribution in [2.45, 2.75) is 6.92 Å². The molecule has 0 amide bonds. The highest BCUT2D eigenvalue weighted by Crippen LogP contribution is 2.34. The van der Waals surface area contributed by atoms with Crippen molar-refractivity contribution in [1.29, 1.82) is 0 Å². The van der Waals surface area contributed by atoms with Crippen molar-refractivity contribution in [2.75, 3.05) is 0 Å². The monoisotopic (exact) mass is 300 g/mol. The van der Waals surface area contributed by atoms with Crippen LogP contribution in [0.25, 0.3) is 33.0 Å². The van der Waals surface area contributed by atoms with Crippen molar-refractivity contribution >= 4 is 44.3 Å². The fourth-order valence-electron chi connectivity index (χ4n) is 2.94. The molecule has 22 heavy (non-hydrogen) atoms. The summed E-state index contributed by atoms with van der Waals surface area (Å²) in [6.07, 6.45) is 4.42. The van der Waals surface area contributed by atoms with E-state index in [1.807, 2.05) is 17.4 Å². The van der Waals surface area contributed by atoms with Crippen molar-refractivity contribution in [1.82, 2.24) is 0 Å². The molecule has 0 fully saturated rings. The van der Waals surface area contributed by atoms with Gasteiger partial charge in [-0.1, -0.05) is 60.7 Å². The molecule has 3 aromatic carbocycles. The lowest BCUT2D eigenvalue weighted by Crippen LogP contribution is -1.82. The van der Waals surface area contributed by atoms with E-state index >= 15 is 0 Å². The van der Waals surface area contributed by atoms with Gasteiger partial charge in [-0.3, -0.25) is 0 Å². The lowest BCUT2D eigenvalue weighted by atomic mass is 9.99. The summed E-state index contributed by atoms with van der Waals surface area (Å²) in [5, 5.41) is 6.24. The molecule has 0 radical (unpaired) electrons. The molecular formula is C21H16S. The maximum Gasteiger partial charge on any atom is 0.0427 e. The van der Waals surface area contributed by atoms with E-state index in [1.165, 1.54) is 37.5 Å². The highest BCUT2D eigenvalue weighted by molar-refractivity contribution is 7.18. The standard InChI is InChI=1S/C21H16S/c1-15-6-5-9-19-20(15)14-17(18-12-13-22-21(18)19)11-10-16-7-3-2-4-8-16/h2-14H,1H3/b11-10-. The quantitative estimate of drug-likeness (QED) is 0.369. The van der Waals surface area contributed by atoms with Gasteiger partial charge in [-0.2, -0.15) is 0 Å². The molecule has 0 spiro atoms. The molecule has 106 valence electrons. The Morgan fingerprint density at radius 2 is 1.64 bits per heavy atom. The van der Waals surface area contributed by atoms with E-state index in [4.69, 9.17) is 0 Å². The van der Waals surface area contributed by atoms with Crippen LogP contribution in [0.4, 0.5) is 0 Å². The zero-order valence-electron chi connectivity index (χ0n) is 12.4. The van der Waals surface area contributed by atoms with Gasteiger partial charge in [0.1, 0.15) is 0 Å². The first-order valence-electron chi connectivity index (χ1n) is 7.45. The molecule has 4 rings (SSSR count). The first-order valence-corrected chi connectivity index (χ1v) is 8.33. The summed E-state index contributed by atoms with van der Waals surface area (Å²) in [7, 11) is 0. The van der Waals surface area contributed by atoms with Crippen LogP contribution in [0.2, 0.25) is 0 Å². The minimum atomic E-state index is 1.23. The SMILES string of the molecule is Cc1cccc2c1cc(/C=C\c1ccccc1)c1ccsc12. The Kier molecular flexibility index (Phi) is 3.28. The van der Waals surface area contributed by atoms with E-state index in [2.05, 4.69) is 79.1 Å². The molecule has 0 aliphatic carbocycles. The normalized spacial score (nSPS) is 11.7. The van der Waals surface area contributed by atoms with Gasteiger partial charge in [0.2, 0.25) is 0 Å². The summed E-state index contributed by atoms with van der Waals surface area (Å²) in [5.41, 5.74) is 3.86. The van der Waals surface area contributed by atoms with Gasteiger partial charge < -0.3 is 0 Å². The number of hydrogen-bond acceptors (Lipinski definition) is 1. The van der Waals surface area contributed by atoms with Gasteiger partial charge in [0, 0.05) is 10.1 Å². The van der Waals surface area contributed by atoms with E-state index in [0.29, 0.717) is 0 Å². The Hall–Kier alpha value is -2.38. The van der Waals surface area contributed by atoms with Gasteiger partial charge in [0.05, 0.1) is 0 Å². The largest absolute Gasteiger partial charge is 0.143 e. The van der Waals surface area contributed by atoms with Crippen LogP contribution in [0.3, 0.4) is 0 Å². The highest BCUT2D eigenvalue weighted by Gasteiger charge is 2.07. The summed E-state index contributed by atoms with van der Waals surface area (Å²) >= 11 is 1.83. The minimum absolute atomic E-state index is 1.23. The Labute approximate surface area is 134 Å². The third-order valence-electron chi connectivity index (χ3n) is 4.10. The number of hydrogen-bond donors (Lipinski definition) is 0. The molecule has 1 heterocycles. The molecule has 0 bridgehead atoms. The van der Waals surface area contributed by atoms with E-state index in [0.717, 1.165) is 0 Å².